The monoisotopic (exact) mass is 477 g/mol. The van der Waals surface area contributed by atoms with E-state index in [0.717, 1.165) is 38.0 Å². The molecule has 3 N–H and O–H groups in total. The molecule has 0 spiro atoms. The van der Waals surface area contributed by atoms with Crippen LogP contribution in [0.1, 0.15) is 36.6 Å². The van der Waals surface area contributed by atoms with Gasteiger partial charge in [0.15, 0.2) is 5.65 Å². The second kappa shape index (κ2) is 11.2. The van der Waals surface area contributed by atoms with Gasteiger partial charge < -0.3 is 25.0 Å². The number of benzene rings is 1. The molecule has 184 valence electrons. The second-order valence-corrected chi connectivity index (χ2v) is 8.69. The summed E-state index contributed by atoms with van der Waals surface area (Å²) in [5, 5.41) is 19.4. The number of nitrogens with zero attached hydrogens (tertiary/aromatic N) is 6. The fraction of sp³-hybridized carbons (Fsp3) is 0.440. The molecule has 0 radical (unpaired) electrons. The molecule has 4 rings (SSSR count). The first-order chi connectivity index (χ1) is 17.0. The third-order valence-corrected chi connectivity index (χ3v) is 6.24. The summed E-state index contributed by atoms with van der Waals surface area (Å²) in [6.07, 6.45) is 1.90. The number of unbranched alkanes of at least 4 members (excludes halogenated alkanes) is 1. The highest BCUT2D eigenvalue weighted by Gasteiger charge is 2.20. The fourth-order valence-electron chi connectivity index (χ4n) is 4.20. The maximum Gasteiger partial charge on any atom is 0.320 e. The minimum atomic E-state index is -0.433. The van der Waals surface area contributed by atoms with Gasteiger partial charge in [-0.2, -0.15) is 15.2 Å². The summed E-state index contributed by atoms with van der Waals surface area (Å²) in [4.78, 5) is 24.4. The first-order valence-corrected chi connectivity index (χ1v) is 11.9. The summed E-state index contributed by atoms with van der Waals surface area (Å²) in [5.74, 6) is 0.0860. The third-order valence-electron chi connectivity index (χ3n) is 6.24. The van der Waals surface area contributed by atoms with Crippen molar-refractivity contribution in [3.05, 3.63) is 47.2 Å². The highest BCUT2D eigenvalue weighted by Crippen LogP contribution is 2.26. The van der Waals surface area contributed by atoms with E-state index in [-0.39, 0.29) is 11.9 Å². The molecule has 1 aromatic carbocycles. The Morgan fingerprint density at radius 1 is 1.14 bits per heavy atom. The molecule has 35 heavy (non-hydrogen) atoms. The zero-order valence-electron chi connectivity index (χ0n) is 20.0. The van der Waals surface area contributed by atoms with Crippen LogP contribution < -0.4 is 10.5 Å². The maximum absolute atomic E-state index is 11.6. The second-order valence-electron chi connectivity index (χ2n) is 8.69. The van der Waals surface area contributed by atoms with Crippen molar-refractivity contribution in [1.29, 1.82) is 5.26 Å². The lowest BCUT2D eigenvalue weighted by molar-refractivity contribution is -0.135. The Morgan fingerprint density at radius 3 is 2.46 bits per heavy atom. The van der Waals surface area contributed by atoms with E-state index in [1.165, 1.54) is 5.56 Å². The van der Waals surface area contributed by atoms with Crippen molar-refractivity contribution >= 4 is 22.8 Å². The van der Waals surface area contributed by atoms with Crippen LogP contribution in [0.5, 0.6) is 6.01 Å². The van der Waals surface area contributed by atoms with Crippen LogP contribution in [-0.4, -0.2) is 74.7 Å². The van der Waals surface area contributed by atoms with Gasteiger partial charge in [0, 0.05) is 32.7 Å². The molecular weight excluding hydrogens is 446 g/mol. The zero-order chi connectivity index (χ0) is 24.8. The first-order valence-electron chi connectivity index (χ1n) is 11.9. The number of ether oxygens (including phenoxy) is 1. The minimum Gasteiger partial charge on any atom is -0.463 e. The number of nitrogens with two attached hydrogens (primary N) is 1. The lowest BCUT2D eigenvalue weighted by Gasteiger charge is -2.34. The van der Waals surface area contributed by atoms with Crippen molar-refractivity contribution in [2.75, 3.05) is 45.1 Å². The van der Waals surface area contributed by atoms with E-state index in [1.807, 2.05) is 4.57 Å². The van der Waals surface area contributed by atoms with Gasteiger partial charge in [-0.05, 0) is 23.6 Å². The number of hydrogen-bond acceptors (Lipinski definition) is 8. The van der Waals surface area contributed by atoms with Crippen molar-refractivity contribution in [1.82, 2.24) is 24.3 Å². The smallest absolute Gasteiger partial charge is 0.320 e. The Hall–Kier alpha value is -3.68. The Balaban J connectivity index is 1.46. The van der Waals surface area contributed by atoms with Gasteiger partial charge in [-0.3, -0.25) is 9.69 Å². The summed E-state index contributed by atoms with van der Waals surface area (Å²) >= 11 is 0. The number of fused-ring (bicyclic) bond motifs is 1. The normalized spacial score (nSPS) is 14.3. The van der Waals surface area contributed by atoms with Gasteiger partial charge in [-0.15, -0.1) is 0 Å². The molecule has 0 saturated carbocycles. The predicted octanol–water partition coefficient (Wildman–Crippen LogP) is 1.75. The number of piperazine rings is 1. The average Bonchev–Trinajstić information content (AvgIpc) is 3.23. The predicted molar refractivity (Wildman–Crippen MR) is 132 cm³/mol. The summed E-state index contributed by atoms with van der Waals surface area (Å²) < 4.78 is 7.50. The number of hydrogen-bond donors (Lipinski definition) is 2. The standard InChI is InChI=1S/C25H31N7O3/c1-2-3-12-35-25-28-23(27)21-13-20(14-26)32(24(21)29-25)16-19-6-4-18(5-7-19)15-30-8-10-31(11-9-30)22(34)17-33/h4-7,13,33H,2-3,8-12,15-17H2,1H3,(H2,27,28,29). The topological polar surface area (TPSA) is 134 Å². The molecule has 1 aliphatic rings. The van der Waals surface area contributed by atoms with E-state index in [0.29, 0.717) is 48.8 Å². The van der Waals surface area contributed by atoms with Crippen LogP contribution in [-0.2, 0) is 17.9 Å². The summed E-state index contributed by atoms with van der Waals surface area (Å²) in [6, 6.07) is 12.5. The van der Waals surface area contributed by atoms with E-state index >= 15 is 0 Å². The van der Waals surface area contributed by atoms with E-state index < -0.39 is 6.61 Å². The van der Waals surface area contributed by atoms with E-state index in [9.17, 15) is 10.1 Å². The van der Waals surface area contributed by atoms with Crippen molar-refractivity contribution in [2.24, 2.45) is 0 Å². The molecule has 1 amide bonds. The third kappa shape index (κ3) is 5.70. The number of nitrogen functional groups attached to an aromatic ring is 1. The Labute approximate surface area is 204 Å². The highest BCUT2D eigenvalue weighted by atomic mass is 16.5. The molecule has 0 atom stereocenters. The Bertz CT molecular complexity index is 1210. The highest BCUT2D eigenvalue weighted by molar-refractivity contribution is 5.88. The van der Waals surface area contributed by atoms with Crippen LogP contribution >= 0.6 is 0 Å². The van der Waals surface area contributed by atoms with Crippen LogP contribution in [0.25, 0.3) is 11.0 Å². The van der Waals surface area contributed by atoms with Gasteiger partial charge in [-0.25, -0.2) is 0 Å². The van der Waals surface area contributed by atoms with Crippen LogP contribution in [0.3, 0.4) is 0 Å². The van der Waals surface area contributed by atoms with E-state index in [1.54, 1.807) is 11.0 Å². The van der Waals surface area contributed by atoms with Gasteiger partial charge >= 0.3 is 6.01 Å². The molecule has 0 bridgehead atoms. The quantitative estimate of drug-likeness (QED) is 0.445. The molecule has 10 heteroatoms. The number of aromatic nitrogens is 3. The molecule has 2 aromatic heterocycles. The molecular formula is C25H31N7O3. The number of rotatable bonds is 9. The summed E-state index contributed by atoms with van der Waals surface area (Å²) in [5.41, 5.74) is 9.39. The molecule has 10 nitrogen and oxygen atoms in total. The van der Waals surface area contributed by atoms with Crippen molar-refractivity contribution in [3.8, 4) is 12.1 Å². The van der Waals surface area contributed by atoms with Crippen LogP contribution in [0.2, 0.25) is 0 Å². The molecule has 3 heterocycles. The van der Waals surface area contributed by atoms with Crippen molar-refractivity contribution in [2.45, 2.75) is 32.9 Å². The van der Waals surface area contributed by atoms with Crippen LogP contribution in [0.4, 0.5) is 5.82 Å². The van der Waals surface area contributed by atoms with Crippen LogP contribution in [0, 0.1) is 11.3 Å². The first kappa shape index (κ1) is 24.4. The Kier molecular flexibility index (Phi) is 7.80. The Morgan fingerprint density at radius 2 is 1.83 bits per heavy atom. The number of carbonyl (C=O) groups is 1. The number of carbonyl (C=O) groups excluding carboxylic acids is 1. The number of aliphatic hydroxyl groups is 1. The molecule has 3 aromatic rings. The molecule has 1 saturated heterocycles. The minimum absolute atomic E-state index is 0.213. The largest absolute Gasteiger partial charge is 0.463 e. The lowest BCUT2D eigenvalue weighted by Crippen LogP contribution is -2.49. The fourth-order valence-corrected chi connectivity index (χ4v) is 4.20. The number of aliphatic hydroxyl groups excluding tert-OH is 1. The average molecular weight is 478 g/mol. The van der Waals surface area contributed by atoms with Gasteiger partial charge in [0.2, 0.25) is 5.91 Å². The molecule has 0 unspecified atom stereocenters. The number of anilines is 1. The molecule has 1 fully saturated rings. The van der Waals surface area contributed by atoms with Gasteiger partial charge in [-0.1, -0.05) is 37.6 Å². The zero-order valence-corrected chi connectivity index (χ0v) is 20.0. The summed E-state index contributed by atoms with van der Waals surface area (Å²) in [6.45, 7) is 6.24. The number of amides is 1. The van der Waals surface area contributed by atoms with Gasteiger partial charge in [0.25, 0.3) is 0 Å². The van der Waals surface area contributed by atoms with Crippen molar-refractivity contribution < 1.29 is 14.6 Å². The van der Waals surface area contributed by atoms with Crippen molar-refractivity contribution in [3.63, 3.8) is 0 Å². The van der Waals surface area contributed by atoms with Crippen LogP contribution in [0.15, 0.2) is 30.3 Å². The summed E-state index contributed by atoms with van der Waals surface area (Å²) in [7, 11) is 0. The maximum atomic E-state index is 11.6. The van der Waals surface area contributed by atoms with Gasteiger partial charge in [0.1, 0.15) is 24.2 Å². The molecule has 0 aliphatic carbocycles. The number of nitriles is 1. The SMILES string of the molecule is CCCCOc1nc(N)c2cc(C#N)n(Cc3ccc(CN4CCN(C(=O)CO)CC4)cc3)c2n1. The van der Waals surface area contributed by atoms with E-state index in [2.05, 4.69) is 52.1 Å². The van der Waals surface area contributed by atoms with Gasteiger partial charge in [0.05, 0.1) is 18.5 Å². The molecule has 1 aliphatic heterocycles. The lowest BCUT2D eigenvalue weighted by atomic mass is 10.1. The van der Waals surface area contributed by atoms with E-state index in [4.69, 9.17) is 15.6 Å².